The highest BCUT2D eigenvalue weighted by Gasteiger charge is 1.92. The molecule has 0 atom stereocenters. The second-order valence-corrected chi connectivity index (χ2v) is 5.60. The molecule has 3 heteroatoms. The molecule has 0 radical (unpaired) electrons. The van der Waals surface area contributed by atoms with Crippen molar-refractivity contribution in [2.75, 3.05) is 26.4 Å². The average molecular weight is 445 g/mol. The molecule has 0 saturated heterocycles. The summed E-state index contributed by atoms with van der Waals surface area (Å²) in [7, 11) is 0. The highest BCUT2D eigenvalue weighted by Crippen LogP contribution is 2.06. The molecule has 0 aliphatic carbocycles. The molecule has 0 heterocycles. The Bertz CT molecular complexity index is 183. The first kappa shape index (κ1) is 47.4. The van der Waals surface area contributed by atoms with Crippen LogP contribution in [0, 0.1) is 0 Å². The molecule has 0 spiro atoms. The smallest absolute Gasteiger partial charge is 0.0662 e. The molecule has 190 valence electrons. The van der Waals surface area contributed by atoms with Gasteiger partial charge in [0.1, 0.15) is 0 Å². The summed E-state index contributed by atoms with van der Waals surface area (Å²) in [6.45, 7) is 36.3. The van der Waals surface area contributed by atoms with E-state index in [9.17, 15) is 0 Å². The van der Waals surface area contributed by atoms with Crippen LogP contribution in [0.3, 0.4) is 0 Å². The fraction of sp³-hybridized carbons (Fsp3) is 0.643. The Morgan fingerprint density at radius 3 is 0.871 bits per heavy atom. The summed E-state index contributed by atoms with van der Waals surface area (Å²) in [5.74, 6) is 0. The van der Waals surface area contributed by atoms with Gasteiger partial charge in [-0.2, -0.15) is 0 Å². The van der Waals surface area contributed by atoms with E-state index in [4.69, 9.17) is 14.9 Å². The van der Waals surface area contributed by atoms with Gasteiger partial charge in [-0.25, -0.2) is 0 Å². The van der Waals surface area contributed by atoms with Gasteiger partial charge in [0.25, 0.3) is 0 Å². The van der Waals surface area contributed by atoms with E-state index in [1.54, 1.807) is 0 Å². The van der Waals surface area contributed by atoms with Gasteiger partial charge in [0, 0.05) is 13.2 Å². The first-order valence-corrected chi connectivity index (χ1v) is 11.6. The van der Waals surface area contributed by atoms with Gasteiger partial charge in [0.05, 0.1) is 13.2 Å². The van der Waals surface area contributed by atoms with Gasteiger partial charge in [-0.1, -0.05) is 78.1 Å². The maximum atomic E-state index is 7.62. The van der Waals surface area contributed by atoms with Crippen molar-refractivity contribution in [1.82, 2.24) is 0 Å². The van der Waals surface area contributed by atoms with Crippen molar-refractivity contribution in [3.63, 3.8) is 0 Å². The lowest BCUT2D eigenvalue weighted by Crippen LogP contribution is -1.97. The molecule has 0 aromatic heterocycles. The monoisotopic (exact) mass is 444 g/mol. The highest BCUT2D eigenvalue weighted by atomic mass is 16.5. The number of unbranched alkanes of at least 4 members (excludes halogenated alkanes) is 10. The molecule has 0 rings (SSSR count). The number of ether oxygens (including phenoxy) is 1. The van der Waals surface area contributed by atoms with Crippen LogP contribution in [0.5, 0.6) is 0 Å². The molecule has 0 amide bonds. The van der Waals surface area contributed by atoms with Gasteiger partial charge < -0.3 is 14.9 Å². The third-order valence-corrected chi connectivity index (χ3v) is 3.38. The minimum atomic E-state index is -0.125. The van der Waals surface area contributed by atoms with Crippen molar-refractivity contribution in [3.8, 4) is 0 Å². The SMILES string of the molecule is C=C.C=C.C=C.C=C.C=C.CCCCCCCCOCCCCCCCC.OCCO. The van der Waals surface area contributed by atoms with E-state index in [1.807, 2.05) is 0 Å². The summed E-state index contributed by atoms with van der Waals surface area (Å²) < 4.78 is 5.65. The molecule has 0 aromatic carbocycles. The van der Waals surface area contributed by atoms with E-state index in [1.165, 1.54) is 77.0 Å². The Hall–Kier alpha value is -1.42. The molecule has 0 aliphatic rings. The maximum Gasteiger partial charge on any atom is 0.0662 e. The van der Waals surface area contributed by atoms with E-state index in [-0.39, 0.29) is 13.2 Å². The standard InChI is InChI=1S/C16H34O.C2H6O2.5C2H4/c1-3-5-7-9-11-13-15-17-16-14-12-10-8-6-4-2;3-1-2-4;5*1-2/h3-16H2,1-2H3;3-4H,1-2H2;5*1-2H2. The van der Waals surface area contributed by atoms with Gasteiger partial charge in [-0.3, -0.25) is 0 Å². The zero-order valence-electron chi connectivity index (χ0n) is 21.7. The van der Waals surface area contributed by atoms with Crippen LogP contribution in [0.4, 0.5) is 0 Å². The Morgan fingerprint density at radius 2 is 0.645 bits per heavy atom. The van der Waals surface area contributed by atoms with E-state index in [0.29, 0.717) is 0 Å². The quantitative estimate of drug-likeness (QED) is 0.196. The summed E-state index contributed by atoms with van der Waals surface area (Å²) >= 11 is 0. The molecule has 0 aromatic rings. The summed E-state index contributed by atoms with van der Waals surface area (Å²) in [6.07, 6.45) is 16.3. The molecule has 31 heavy (non-hydrogen) atoms. The maximum absolute atomic E-state index is 7.62. The minimum Gasteiger partial charge on any atom is -0.394 e. The molecule has 0 bridgehead atoms. The predicted molar refractivity (Wildman–Crippen MR) is 148 cm³/mol. The van der Waals surface area contributed by atoms with Crippen molar-refractivity contribution >= 4 is 0 Å². The molecule has 2 N–H and O–H groups in total. The largest absolute Gasteiger partial charge is 0.394 e. The van der Waals surface area contributed by atoms with Crippen molar-refractivity contribution in [2.24, 2.45) is 0 Å². The lowest BCUT2D eigenvalue weighted by molar-refractivity contribution is 0.125. The van der Waals surface area contributed by atoms with Crippen LogP contribution in [0.25, 0.3) is 0 Å². The van der Waals surface area contributed by atoms with Gasteiger partial charge in [0.2, 0.25) is 0 Å². The van der Waals surface area contributed by atoms with E-state index < -0.39 is 0 Å². The Labute approximate surface area is 198 Å². The van der Waals surface area contributed by atoms with Crippen LogP contribution >= 0.6 is 0 Å². The number of hydrogen-bond donors (Lipinski definition) is 2. The third kappa shape index (κ3) is 109. The van der Waals surface area contributed by atoms with Crippen LogP contribution < -0.4 is 0 Å². The van der Waals surface area contributed by atoms with Crippen LogP contribution in [-0.2, 0) is 4.74 Å². The number of hydrogen-bond acceptors (Lipinski definition) is 3. The third-order valence-electron chi connectivity index (χ3n) is 3.38. The fourth-order valence-electron chi connectivity index (χ4n) is 2.07. The average Bonchev–Trinajstić information content (AvgIpc) is 2.88. The minimum absolute atomic E-state index is 0.125. The summed E-state index contributed by atoms with van der Waals surface area (Å²) in [5, 5.41) is 15.2. The molecular weight excluding hydrogens is 384 g/mol. The number of rotatable bonds is 15. The second kappa shape index (κ2) is 89.6. The molecule has 0 saturated carbocycles. The number of aliphatic hydroxyl groups excluding tert-OH is 2. The Morgan fingerprint density at radius 1 is 0.419 bits per heavy atom. The van der Waals surface area contributed by atoms with E-state index in [0.717, 1.165) is 13.2 Å². The molecule has 0 aliphatic heterocycles. The molecular formula is C28H60O3. The van der Waals surface area contributed by atoms with Gasteiger partial charge in [-0.15, -0.1) is 65.8 Å². The van der Waals surface area contributed by atoms with Crippen molar-refractivity contribution in [1.29, 1.82) is 0 Å². The first-order valence-electron chi connectivity index (χ1n) is 11.6. The van der Waals surface area contributed by atoms with E-state index in [2.05, 4.69) is 79.6 Å². The number of aliphatic hydroxyl groups is 2. The van der Waals surface area contributed by atoms with Crippen LogP contribution in [0.2, 0.25) is 0 Å². The Balaban J connectivity index is -0.0000000685. The van der Waals surface area contributed by atoms with Gasteiger partial charge in [-0.05, 0) is 12.8 Å². The van der Waals surface area contributed by atoms with Gasteiger partial charge in [0.15, 0.2) is 0 Å². The van der Waals surface area contributed by atoms with Crippen molar-refractivity contribution in [2.45, 2.75) is 90.9 Å². The Kier molecular flexibility index (Phi) is 137. The van der Waals surface area contributed by atoms with Crippen LogP contribution in [0.15, 0.2) is 65.8 Å². The molecule has 3 nitrogen and oxygen atoms in total. The van der Waals surface area contributed by atoms with Crippen molar-refractivity contribution in [3.05, 3.63) is 65.8 Å². The second-order valence-electron chi connectivity index (χ2n) is 5.60. The molecule has 0 unspecified atom stereocenters. The van der Waals surface area contributed by atoms with E-state index >= 15 is 0 Å². The predicted octanol–water partition coefficient (Wildman–Crippen LogP) is 8.71. The van der Waals surface area contributed by atoms with Gasteiger partial charge >= 0.3 is 0 Å². The zero-order chi connectivity index (χ0) is 26.0. The lowest BCUT2D eigenvalue weighted by atomic mass is 10.1. The summed E-state index contributed by atoms with van der Waals surface area (Å²) in [6, 6.07) is 0. The van der Waals surface area contributed by atoms with Crippen molar-refractivity contribution < 1.29 is 14.9 Å². The first-order chi connectivity index (χ1) is 15.3. The van der Waals surface area contributed by atoms with Crippen LogP contribution in [0.1, 0.15) is 90.9 Å². The summed E-state index contributed by atoms with van der Waals surface area (Å²) in [5.41, 5.74) is 0. The summed E-state index contributed by atoms with van der Waals surface area (Å²) in [4.78, 5) is 0. The topological polar surface area (TPSA) is 49.7 Å². The zero-order valence-corrected chi connectivity index (χ0v) is 21.7. The fourth-order valence-corrected chi connectivity index (χ4v) is 2.07. The lowest BCUT2D eigenvalue weighted by Gasteiger charge is -2.04. The highest BCUT2D eigenvalue weighted by molar-refractivity contribution is 4.45. The van der Waals surface area contributed by atoms with Crippen LogP contribution in [-0.4, -0.2) is 36.6 Å². The normalized spacial score (nSPS) is 7.61. The molecule has 0 fully saturated rings.